The van der Waals surface area contributed by atoms with Crippen LogP contribution < -0.4 is 0 Å². The fourth-order valence-corrected chi connectivity index (χ4v) is 2.50. The molecule has 4 heteroatoms. The molecule has 1 saturated heterocycles. The number of hydrogen-bond donors (Lipinski definition) is 0. The quantitative estimate of drug-likeness (QED) is 0.629. The van der Waals surface area contributed by atoms with Gasteiger partial charge < -0.3 is 9.47 Å². The maximum absolute atomic E-state index is 12.2. The van der Waals surface area contributed by atoms with E-state index in [1.165, 1.54) is 0 Å². The highest BCUT2D eigenvalue weighted by Gasteiger charge is 2.55. The van der Waals surface area contributed by atoms with Gasteiger partial charge in [-0.3, -0.25) is 9.69 Å². The van der Waals surface area contributed by atoms with E-state index in [4.69, 9.17) is 9.47 Å². The molecule has 16 heavy (non-hydrogen) atoms. The minimum Gasteiger partial charge on any atom is -0.351 e. The van der Waals surface area contributed by atoms with Gasteiger partial charge in [-0.2, -0.15) is 0 Å². The summed E-state index contributed by atoms with van der Waals surface area (Å²) in [7, 11) is 0. The number of carbonyl (C=O) groups is 1. The van der Waals surface area contributed by atoms with Crippen molar-refractivity contribution >= 4 is 5.91 Å². The summed E-state index contributed by atoms with van der Waals surface area (Å²) >= 11 is 0. The van der Waals surface area contributed by atoms with Crippen molar-refractivity contribution in [2.24, 2.45) is 0 Å². The first-order chi connectivity index (χ1) is 7.26. The molecule has 0 radical (unpaired) electrons. The zero-order valence-electron chi connectivity index (χ0n) is 10.5. The van der Waals surface area contributed by atoms with Crippen molar-refractivity contribution in [3.8, 4) is 0 Å². The average Bonchev–Trinajstić information content (AvgIpc) is 2.25. The van der Waals surface area contributed by atoms with Gasteiger partial charge in [0.1, 0.15) is 11.3 Å². The van der Waals surface area contributed by atoms with E-state index in [1.807, 2.05) is 40.7 Å². The Morgan fingerprint density at radius 3 is 2.62 bits per heavy atom. The zero-order chi connectivity index (χ0) is 12.1. The topological polar surface area (TPSA) is 38.8 Å². The standard InChI is InChI=1S/C12H19NO3/c1-8-6-7-15-10-11(2,3)16-12(4,5)13(10)9(8)14/h6,10H,7H2,1-5H3. The predicted molar refractivity (Wildman–Crippen MR) is 59.6 cm³/mol. The second-order valence-electron chi connectivity index (χ2n) is 5.40. The Labute approximate surface area is 96.2 Å². The number of ether oxygens (including phenoxy) is 2. The summed E-state index contributed by atoms with van der Waals surface area (Å²) < 4.78 is 11.6. The molecule has 1 unspecified atom stereocenters. The minimum absolute atomic E-state index is 0.00178. The minimum atomic E-state index is -0.620. The van der Waals surface area contributed by atoms with Crippen LogP contribution in [0.4, 0.5) is 0 Å². The molecule has 2 aliphatic heterocycles. The summed E-state index contributed by atoms with van der Waals surface area (Å²) in [6.07, 6.45) is 1.51. The second kappa shape index (κ2) is 3.31. The van der Waals surface area contributed by atoms with E-state index in [9.17, 15) is 4.79 Å². The van der Waals surface area contributed by atoms with Crippen LogP contribution in [0, 0.1) is 0 Å². The highest BCUT2D eigenvalue weighted by atomic mass is 16.6. The molecule has 4 nitrogen and oxygen atoms in total. The van der Waals surface area contributed by atoms with Gasteiger partial charge in [-0.05, 0) is 34.6 Å². The number of amides is 1. The lowest BCUT2D eigenvalue weighted by Crippen LogP contribution is -2.50. The predicted octanol–water partition coefficient (Wildman–Crippen LogP) is 1.66. The van der Waals surface area contributed by atoms with Crippen LogP contribution in [0.5, 0.6) is 0 Å². The van der Waals surface area contributed by atoms with Crippen molar-refractivity contribution in [1.29, 1.82) is 0 Å². The van der Waals surface area contributed by atoms with Crippen LogP contribution in [0.15, 0.2) is 11.6 Å². The van der Waals surface area contributed by atoms with Crippen molar-refractivity contribution in [1.82, 2.24) is 4.90 Å². The highest BCUT2D eigenvalue weighted by Crippen LogP contribution is 2.41. The lowest BCUT2D eigenvalue weighted by molar-refractivity contribution is -0.149. The molecule has 0 spiro atoms. The summed E-state index contributed by atoms with van der Waals surface area (Å²) in [6, 6.07) is 0. The van der Waals surface area contributed by atoms with E-state index >= 15 is 0 Å². The van der Waals surface area contributed by atoms with E-state index in [0.717, 1.165) is 5.57 Å². The molecule has 2 heterocycles. The van der Waals surface area contributed by atoms with Crippen LogP contribution >= 0.6 is 0 Å². The second-order valence-corrected chi connectivity index (χ2v) is 5.40. The van der Waals surface area contributed by atoms with Crippen molar-refractivity contribution in [3.05, 3.63) is 11.6 Å². The fraction of sp³-hybridized carbons (Fsp3) is 0.750. The molecule has 0 N–H and O–H groups in total. The molecule has 0 aliphatic carbocycles. The van der Waals surface area contributed by atoms with Gasteiger partial charge in [0.2, 0.25) is 0 Å². The van der Waals surface area contributed by atoms with Crippen molar-refractivity contribution < 1.29 is 14.3 Å². The number of fused-ring (bicyclic) bond motifs is 1. The molecule has 1 fully saturated rings. The van der Waals surface area contributed by atoms with E-state index in [0.29, 0.717) is 6.61 Å². The third-order valence-corrected chi connectivity index (χ3v) is 3.12. The Bertz CT molecular complexity index is 357. The largest absolute Gasteiger partial charge is 0.351 e. The van der Waals surface area contributed by atoms with Gasteiger partial charge in [0.25, 0.3) is 5.91 Å². The first kappa shape index (κ1) is 11.6. The van der Waals surface area contributed by atoms with Gasteiger partial charge in [-0.15, -0.1) is 0 Å². The molecule has 0 saturated carbocycles. The maximum Gasteiger partial charge on any atom is 0.253 e. The zero-order valence-corrected chi connectivity index (χ0v) is 10.5. The Balaban J connectivity index is 2.43. The summed E-state index contributed by atoms with van der Waals surface area (Å²) in [5, 5.41) is 0. The van der Waals surface area contributed by atoms with Gasteiger partial charge >= 0.3 is 0 Å². The van der Waals surface area contributed by atoms with Crippen molar-refractivity contribution in [3.63, 3.8) is 0 Å². The number of carbonyl (C=O) groups excluding carboxylic acids is 1. The van der Waals surface area contributed by atoms with Crippen molar-refractivity contribution in [2.75, 3.05) is 6.61 Å². The Morgan fingerprint density at radius 2 is 2.00 bits per heavy atom. The maximum atomic E-state index is 12.2. The molecular formula is C12H19NO3. The molecule has 0 aromatic rings. The van der Waals surface area contributed by atoms with Crippen LogP contribution in [0.1, 0.15) is 34.6 Å². The van der Waals surface area contributed by atoms with Crippen LogP contribution in [-0.4, -0.2) is 35.0 Å². The van der Waals surface area contributed by atoms with E-state index in [-0.39, 0.29) is 12.1 Å². The van der Waals surface area contributed by atoms with Gasteiger partial charge in [-0.25, -0.2) is 0 Å². The van der Waals surface area contributed by atoms with Gasteiger partial charge in [-0.1, -0.05) is 6.08 Å². The van der Waals surface area contributed by atoms with E-state index in [1.54, 1.807) is 4.90 Å². The smallest absolute Gasteiger partial charge is 0.253 e. The first-order valence-corrected chi connectivity index (χ1v) is 5.58. The molecule has 0 bridgehead atoms. The SMILES string of the molecule is CC1=CCOC2N(C1=O)C(C)(C)OC2(C)C. The third kappa shape index (κ3) is 1.57. The van der Waals surface area contributed by atoms with Gasteiger partial charge in [0, 0.05) is 5.57 Å². The molecular weight excluding hydrogens is 206 g/mol. The number of nitrogens with zero attached hydrogens (tertiary/aromatic N) is 1. The molecule has 1 amide bonds. The molecule has 2 aliphatic rings. The molecule has 1 atom stereocenters. The molecule has 0 aromatic carbocycles. The average molecular weight is 225 g/mol. The summed E-state index contributed by atoms with van der Waals surface area (Å²) in [6.45, 7) is 9.97. The van der Waals surface area contributed by atoms with E-state index in [2.05, 4.69) is 0 Å². The first-order valence-electron chi connectivity index (χ1n) is 5.58. The van der Waals surface area contributed by atoms with Crippen LogP contribution in [0.25, 0.3) is 0 Å². The lowest BCUT2D eigenvalue weighted by atomic mass is 10.1. The molecule has 0 aromatic heterocycles. The Kier molecular flexibility index (Phi) is 2.40. The summed E-state index contributed by atoms with van der Waals surface area (Å²) in [5.41, 5.74) is -0.376. The fourth-order valence-electron chi connectivity index (χ4n) is 2.50. The van der Waals surface area contributed by atoms with Gasteiger partial charge in [0.15, 0.2) is 6.23 Å². The van der Waals surface area contributed by atoms with Crippen molar-refractivity contribution in [2.45, 2.75) is 52.2 Å². The normalized spacial score (nSPS) is 32.1. The monoisotopic (exact) mass is 225 g/mol. The van der Waals surface area contributed by atoms with Crippen LogP contribution in [-0.2, 0) is 14.3 Å². The summed E-state index contributed by atoms with van der Waals surface area (Å²) in [4.78, 5) is 13.9. The third-order valence-electron chi connectivity index (χ3n) is 3.12. The Morgan fingerprint density at radius 1 is 1.38 bits per heavy atom. The lowest BCUT2D eigenvalue weighted by Gasteiger charge is -2.32. The molecule has 90 valence electrons. The van der Waals surface area contributed by atoms with Crippen LogP contribution in [0.3, 0.4) is 0 Å². The number of rotatable bonds is 0. The molecule has 2 rings (SSSR count). The van der Waals surface area contributed by atoms with Gasteiger partial charge in [0.05, 0.1) is 6.61 Å². The van der Waals surface area contributed by atoms with E-state index < -0.39 is 11.3 Å². The summed E-state index contributed by atoms with van der Waals surface area (Å²) in [5.74, 6) is -0.00178. The Hall–Kier alpha value is -0.870. The highest BCUT2D eigenvalue weighted by molar-refractivity contribution is 5.93. The number of hydrogen-bond acceptors (Lipinski definition) is 3. The van der Waals surface area contributed by atoms with Crippen LogP contribution in [0.2, 0.25) is 0 Å².